The monoisotopic (exact) mass is 209 g/mol. The number of rotatable bonds is 2. The summed E-state index contributed by atoms with van der Waals surface area (Å²) in [6.45, 7) is 2.03. The molecule has 2 heterocycles. The molecule has 5 heteroatoms. The fourth-order valence-electron chi connectivity index (χ4n) is 2.08. The number of carbonyl (C=O) groups is 1. The Balaban J connectivity index is 2.15. The topological polar surface area (TPSA) is 69.2 Å². The Hall–Kier alpha value is -1.36. The highest BCUT2D eigenvalue weighted by atomic mass is 16.4. The molecule has 0 spiro atoms. The van der Waals surface area contributed by atoms with E-state index in [4.69, 9.17) is 5.11 Å². The van der Waals surface area contributed by atoms with Crippen molar-refractivity contribution in [1.82, 2.24) is 15.1 Å². The molecule has 0 amide bonds. The fraction of sp³-hybridized carbons (Fsp3) is 0.600. The van der Waals surface area contributed by atoms with Gasteiger partial charge in [0.1, 0.15) is 5.56 Å². The predicted octanol–water partition coefficient (Wildman–Crippen LogP) is 0.917. The molecule has 2 rings (SSSR count). The Morgan fingerprint density at radius 3 is 2.87 bits per heavy atom. The van der Waals surface area contributed by atoms with E-state index in [1.165, 1.54) is 6.20 Å². The van der Waals surface area contributed by atoms with Crippen LogP contribution < -0.4 is 0 Å². The molecule has 2 N–H and O–H groups in total. The van der Waals surface area contributed by atoms with E-state index in [9.17, 15) is 4.79 Å². The molecule has 0 atom stereocenters. The smallest absolute Gasteiger partial charge is 0.339 e. The zero-order chi connectivity index (χ0) is 10.8. The van der Waals surface area contributed by atoms with Crippen LogP contribution in [0.3, 0.4) is 0 Å². The molecule has 0 radical (unpaired) electrons. The van der Waals surface area contributed by atoms with E-state index < -0.39 is 5.97 Å². The standard InChI is InChI=1S/C10H15N3O2/c1-13-4-2-7(3-5-13)9-8(10(14)15)6-11-12-9/h6-7H,2-5H2,1H3,(H,11,12)(H,14,15). The first-order valence-corrected chi connectivity index (χ1v) is 5.13. The average molecular weight is 209 g/mol. The molecule has 15 heavy (non-hydrogen) atoms. The molecule has 1 fully saturated rings. The van der Waals surface area contributed by atoms with Crippen LogP contribution in [0.25, 0.3) is 0 Å². The highest BCUT2D eigenvalue weighted by molar-refractivity contribution is 5.88. The van der Waals surface area contributed by atoms with Crippen molar-refractivity contribution in [3.63, 3.8) is 0 Å². The van der Waals surface area contributed by atoms with E-state index in [0.717, 1.165) is 31.6 Å². The summed E-state index contributed by atoms with van der Waals surface area (Å²) in [6, 6.07) is 0. The third kappa shape index (κ3) is 2.02. The molecule has 1 aliphatic heterocycles. The Morgan fingerprint density at radius 2 is 2.27 bits per heavy atom. The number of hydrogen-bond donors (Lipinski definition) is 2. The van der Waals surface area contributed by atoms with Crippen molar-refractivity contribution >= 4 is 5.97 Å². The van der Waals surface area contributed by atoms with Gasteiger partial charge in [-0.2, -0.15) is 5.10 Å². The van der Waals surface area contributed by atoms with Gasteiger partial charge in [-0.1, -0.05) is 0 Å². The number of nitrogens with one attached hydrogen (secondary N) is 1. The van der Waals surface area contributed by atoms with Gasteiger partial charge in [-0.25, -0.2) is 4.79 Å². The van der Waals surface area contributed by atoms with Crippen LogP contribution in [0.1, 0.15) is 34.8 Å². The van der Waals surface area contributed by atoms with Crippen LogP contribution in [0.15, 0.2) is 6.20 Å². The van der Waals surface area contributed by atoms with E-state index in [1.807, 2.05) is 0 Å². The first-order chi connectivity index (χ1) is 7.18. The summed E-state index contributed by atoms with van der Waals surface area (Å²) >= 11 is 0. The second kappa shape index (κ2) is 4.02. The number of aromatic carboxylic acids is 1. The third-order valence-electron chi connectivity index (χ3n) is 3.03. The Bertz CT molecular complexity index is 353. The molecule has 0 aromatic carbocycles. The second-order valence-electron chi connectivity index (χ2n) is 4.08. The van der Waals surface area contributed by atoms with Gasteiger partial charge in [0.05, 0.1) is 11.9 Å². The van der Waals surface area contributed by atoms with Crippen LogP contribution in [0, 0.1) is 0 Å². The van der Waals surface area contributed by atoms with Crippen molar-refractivity contribution < 1.29 is 9.90 Å². The first kappa shape index (κ1) is 10.2. The number of carboxylic acids is 1. The number of nitrogens with zero attached hydrogens (tertiary/aromatic N) is 2. The lowest BCUT2D eigenvalue weighted by Gasteiger charge is -2.28. The van der Waals surface area contributed by atoms with Crippen LogP contribution in [-0.2, 0) is 0 Å². The Labute approximate surface area is 88.1 Å². The van der Waals surface area contributed by atoms with E-state index in [0.29, 0.717) is 11.5 Å². The number of aromatic nitrogens is 2. The van der Waals surface area contributed by atoms with Gasteiger partial charge in [0.2, 0.25) is 0 Å². The van der Waals surface area contributed by atoms with Crippen molar-refractivity contribution in [2.75, 3.05) is 20.1 Å². The molecule has 1 saturated heterocycles. The number of H-pyrrole nitrogens is 1. The average Bonchev–Trinajstić information content (AvgIpc) is 2.67. The molecular weight excluding hydrogens is 194 g/mol. The van der Waals surface area contributed by atoms with Crippen LogP contribution >= 0.6 is 0 Å². The summed E-state index contributed by atoms with van der Waals surface area (Å²) in [5.41, 5.74) is 1.11. The lowest BCUT2D eigenvalue weighted by atomic mass is 9.92. The minimum atomic E-state index is -0.891. The highest BCUT2D eigenvalue weighted by Crippen LogP contribution is 2.28. The summed E-state index contributed by atoms with van der Waals surface area (Å²) < 4.78 is 0. The van der Waals surface area contributed by atoms with Crippen LogP contribution in [-0.4, -0.2) is 46.3 Å². The number of carboxylic acid groups (broad SMARTS) is 1. The molecule has 1 aromatic rings. The Morgan fingerprint density at radius 1 is 1.60 bits per heavy atom. The lowest BCUT2D eigenvalue weighted by Crippen LogP contribution is -2.29. The van der Waals surface area contributed by atoms with Crippen molar-refractivity contribution in [2.24, 2.45) is 0 Å². The summed E-state index contributed by atoms with van der Waals surface area (Å²) in [5, 5.41) is 15.6. The SMILES string of the molecule is CN1CCC(c2[nH]ncc2C(=O)O)CC1. The summed E-state index contributed by atoms with van der Waals surface area (Å²) in [4.78, 5) is 13.2. The van der Waals surface area contributed by atoms with Gasteiger partial charge in [0.25, 0.3) is 0 Å². The summed E-state index contributed by atoms with van der Waals surface area (Å²) in [6.07, 6.45) is 3.40. The maximum Gasteiger partial charge on any atom is 0.339 e. The molecule has 82 valence electrons. The quantitative estimate of drug-likeness (QED) is 0.759. The van der Waals surface area contributed by atoms with E-state index in [1.54, 1.807) is 0 Å². The highest BCUT2D eigenvalue weighted by Gasteiger charge is 2.24. The number of likely N-dealkylation sites (tertiary alicyclic amines) is 1. The van der Waals surface area contributed by atoms with E-state index in [2.05, 4.69) is 22.1 Å². The van der Waals surface area contributed by atoms with Gasteiger partial charge >= 0.3 is 5.97 Å². The third-order valence-corrected chi connectivity index (χ3v) is 3.03. The minimum Gasteiger partial charge on any atom is -0.478 e. The van der Waals surface area contributed by atoms with Crippen LogP contribution in [0.5, 0.6) is 0 Å². The fourth-order valence-corrected chi connectivity index (χ4v) is 2.08. The number of piperidine rings is 1. The van der Waals surface area contributed by atoms with Crippen molar-refractivity contribution in [2.45, 2.75) is 18.8 Å². The van der Waals surface area contributed by atoms with Crippen molar-refractivity contribution in [1.29, 1.82) is 0 Å². The van der Waals surface area contributed by atoms with Crippen LogP contribution in [0.4, 0.5) is 0 Å². The molecular formula is C10H15N3O2. The minimum absolute atomic E-state index is 0.315. The molecule has 5 nitrogen and oxygen atoms in total. The van der Waals surface area contributed by atoms with Crippen molar-refractivity contribution in [3.05, 3.63) is 17.5 Å². The zero-order valence-electron chi connectivity index (χ0n) is 8.73. The van der Waals surface area contributed by atoms with E-state index in [-0.39, 0.29) is 0 Å². The van der Waals surface area contributed by atoms with Gasteiger partial charge in [0, 0.05) is 5.92 Å². The van der Waals surface area contributed by atoms with Gasteiger partial charge in [-0.15, -0.1) is 0 Å². The van der Waals surface area contributed by atoms with Crippen LogP contribution in [0.2, 0.25) is 0 Å². The molecule has 0 saturated carbocycles. The van der Waals surface area contributed by atoms with Gasteiger partial charge in [-0.05, 0) is 33.0 Å². The first-order valence-electron chi connectivity index (χ1n) is 5.13. The normalized spacial score (nSPS) is 19.3. The van der Waals surface area contributed by atoms with Crippen molar-refractivity contribution in [3.8, 4) is 0 Å². The number of aromatic amines is 1. The summed E-state index contributed by atoms with van der Waals surface area (Å²) in [7, 11) is 2.08. The van der Waals surface area contributed by atoms with Gasteiger partial charge in [0.15, 0.2) is 0 Å². The summed E-state index contributed by atoms with van der Waals surface area (Å²) in [5.74, 6) is -0.576. The lowest BCUT2D eigenvalue weighted by molar-refractivity contribution is 0.0694. The predicted molar refractivity (Wildman–Crippen MR) is 55.0 cm³/mol. The molecule has 0 bridgehead atoms. The van der Waals surface area contributed by atoms with E-state index >= 15 is 0 Å². The van der Waals surface area contributed by atoms with Gasteiger partial charge < -0.3 is 10.0 Å². The largest absolute Gasteiger partial charge is 0.478 e. The Kier molecular flexibility index (Phi) is 2.73. The maximum absolute atomic E-state index is 10.9. The molecule has 0 unspecified atom stereocenters. The van der Waals surface area contributed by atoms with Gasteiger partial charge in [-0.3, -0.25) is 5.10 Å². The maximum atomic E-state index is 10.9. The molecule has 1 aliphatic rings. The molecule has 0 aliphatic carbocycles. The second-order valence-corrected chi connectivity index (χ2v) is 4.08. The number of hydrogen-bond acceptors (Lipinski definition) is 3. The zero-order valence-corrected chi connectivity index (χ0v) is 8.73. The molecule has 1 aromatic heterocycles.